The molecule has 18 heavy (non-hydrogen) atoms. The molecule has 2 aliphatic heterocycles. The minimum absolute atomic E-state index is 0.231. The van der Waals surface area contributed by atoms with Gasteiger partial charge in [-0.2, -0.15) is 0 Å². The van der Waals surface area contributed by atoms with E-state index in [-0.39, 0.29) is 5.91 Å². The molecule has 1 aromatic carbocycles. The van der Waals surface area contributed by atoms with Gasteiger partial charge in [-0.05, 0) is 49.9 Å². The van der Waals surface area contributed by atoms with E-state index in [1.54, 1.807) is 0 Å². The third-order valence-corrected chi connectivity index (χ3v) is 4.05. The molecule has 0 radical (unpaired) electrons. The van der Waals surface area contributed by atoms with Gasteiger partial charge in [-0.15, -0.1) is 0 Å². The van der Waals surface area contributed by atoms with E-state index in [9.17, 15) is 4.79 Å². The van der Waals surface area contributed by atoms with Crippen LogP contribution in [0, 0.1) is 5.92 Å². The van der Waals surface area contributed by atoms with Crippen molar-refractivity contribution in [3.05, 3.63) is 35.4 Å². The second-order valence-electron chi connectivity index (χ2n) is 5.37. The number of nitrogens with one attached hydrogen (secondary N) is 1. The van der Waals surface area contributed by atoms with Crippen LogP contribution in [0.5, 0.6) is 0 Å². The molecule has 0 spiro atoms. The van der Waals surface area contributed by atoms with Crippen molar-refractivity contribution in [2.75, 3.05) is 26.2 Å². The Morgan fingerprint density at radius 3 is 3.06 bits per heavy atom. The van der Waals surface area contributed by atoms with Gasteiger partial charge in [-0.25, -0.2) is 0 Å². The maximum atomic E-state index is 12.5. The number of amides is 1. The van der Waals surface area contributed by atoms with E-state index in [0.29, 0.717) is 5.92 Å². The second kappa shape index (κ2) is 5.11. The van der Waals surface area contributed by atoms with Crippen molar-refractivity contribution < 1.29 is 4.79 Å². The fourth-order valence-corrected chi connectivity index (χ4v) is 3.04. The van der Waals surface area contributed by atoms with E-state index < -0.39 is 0 Å². The van der Waals surface area contributed by atoms with Gasteiger partial charge < -0.3 is 10.2 Å². The summed E-state index contributed by atoms with van der Waals surface area (Å²) in [5.41, 5.74) is 2.13. The molecule has 3 heteroatoms. The van der Waals surface area contributed by atoms with Crippen molar-refractivity contribution in [1.29, 1.82) is 0 Å². The van der Waals surface area contributed by atoms with Crippen LogP contribution in [0.3, 0.4) is 0 Å². The zero-order valence-corrected chi connectivity index (χ0v) is 10.7. The minimum Gasteiger partial charge on any atom is -0.338 e. The SMILES string of the molecule is O=C1c2ccccc2CCCN1CC1CCNC1. The van der Waals surface area contributed by atoms with E-state index in [1.165, 1.54) is 12.0 Å². The second-order valence-corrected chi connectivity index (χ2v) is 5.37. The monoisotopic (exact) mass is 244 g/mol. The highest BCUT2D eigenvalue weighted by Gasteiger charge is 2.25. The smallest absolute Gasteiger partial charge is 0.254 e. The summed E-state index contributed by atoms with van der Waals surface area (Å²) in [7, 11) is 0. The lowest BCUT2D eigenvalue weighted by molar-refractivity contribution is 0.0738. The minimum atomic E-state index is 0.231. The lowest BCUT2D eigenvalue weighted by atomic mass is 10.0. The molecular formula is C15H20N2O. The first kappa shape index (κ1) is 11.7. The molecule has 96 valence electrons. The number of carbonyl (C=O) groups excluding carboxylic acids is 1. The molecule has 1 unspecified atom stereocenters. The van der Waals surface area contributed by atoms with E-state index in [4.69, 9.17) is 0 Å². The Morgan fingerprint density at radius 2 is 2.22 bits per heavy atom. The van der Waals surface area contributed by atoms with Gasteiger partial charge in [-0.1, -0.05) is 18.2 Å². The molecule has 1 N–H and O–H groups in total. The number of aryl methyl sites for hydroxylation is 1. The van der Waals surface area contributed by atoms with Crippen molar-refractivity contribution in [3.8, 4) is 0 Å². The van der Waals surface area contributed by atoms with E-state index >= 15 is 0 Å². The molecule has 1 atom stereocenters. The maximum absolute atomic E-state index is 12.5. The molecule has 0 aliphatic carbocycles. The van der Waals surface area contributed by atoms with Crippen LogP contribution in [0.2, 0.25) is 0 Å². The predicted molar refractivity (Wildman–Crippen MR) is 71.6 cm³/mol. The molecule has 0 bridgehead atoms. The van der Waals surface area contributed by atoms with Crippen LogP contribution in [-0.4, -0.2) is 37.0 Å². The van der Waals surface area contributed by atoms with Gasteiger partial charge in [0, 0.05) is 18.7 Å². The zero-order valence-electron chi connectivity index (χ0n) is 10.7. The van der Waals surface area contributed by atoms with Crippen molar-refractivity contribution in [2.45, 2.75) is 19.3 Å². The molecule has 1 fully saturated rings. The van der Waals surface area contributed by atoms with Gasteiger partial charge in [0.2, 0.25) is 0 Å². The topological polar surface area (TPSA) is 32.3 Å². The molecule has 2 heterocycles. The number of hydrogen-bond donors (Lipinski definition) is 1. The van der Waals surface area contributed by atoms with Crippen LogP contribution in [0.4, 0.5) is 0 Å². The standard InChI is InChI=1S/C15H20N2O/c18-15-14-6-2-1-4-13(14)5-3-9-17(15)11-12-7-8-16-10-12/h1-2,4,6,12,16H,3,5,7-11H2. The first-order chi connectivity index (χ1) is 8.84. The van der Waals surface area contributed by atoms with Gasteiger partial charge in [0.05, 0.1) is 0 Å². The van der Waals surface area contributed by atoms with Crippen molar-refractivity contribution in [1.82, 2.24) is 10.2 Å². The third-order valence-electron chi connectivity index (χ3n) is 4.05. The first-order valence-electron chi connectivity index (χ1n) is 6.92. The number of carbonyl (C=O) groups is 1. The summed E-state index contributed by atoms with van der Waals surface area (Å²) in [5, 5.41) is 3.37. The summed E-state index contributed by atoms with van der Waals surface area (Å²) in [6.45, 7) is 3.99. The summed E-state index contributed by atoms with van der Waals surface area (Å²) < 4.78 is 0. The number of rotatable bonds is 2. The zero-order chi connectivity index (χ0) is 12.4. The average molecular weight is 244 g/mol. The van der Waals surface area contributed by atoms with Crippen LogP contribution in [0.1, 0.15) is 28.8 Å². The normalized spacial score (nSPS) is 23.9. The quantitative estimate of drug-likeness (QED) is 0.858. The lowest BCUT2D eigenvalue weighted by Crippen LogP contribution is -2.36. The average Bonchev–Trinajstić information content (AvgIpc) is 2.85. The van der Waals surface area contributed by atoms with Crippen LogP contribution >= 0.6 is 0 Å². The van der Waals surface area contributed by atoms with E-state index in [1.807, 2.05) is 18.2 Å². The molecule has 0 aromatic heterocycles. The van der Waals surface area contributed by atoms with Crippen LogP contribution < -0.4 is 5.32 Å². The fourth-order valence-electron chi connectivity index (χ4n) is 3.04. The Hall–Kier alpha value is -1.35. The fraction of sp³-hybridized carbons (Fsp3) is 0.533. The molecule has 3 rings (SSSR count). The Kier molecular flexibility index (Phi) is 3.33. The largest absolute Gasteiger partial charge is 0.338 e. The number of fused-ring (bicyclic) bond motifs is 1. The van der Waals surface area contributed by atoms with Crippen molar-refractivity contribution in [3.63, 3.8) is 0 Å². The first-order valence-corrected chi connectivity index (χ1v) is 6.92. The van der Waals surface area contributed by atoms with Crippen molar-refractivity contribution >= 4 is 5.91 Å². The molecule has 3 nitrogen and oxygen atoms in total. The van der Waals surface area contributed by atoms with Crippen LogP contribution in [-0.2, 0) is 6.42 Å². The van der Waals surface area contributed by atoms with Crippen LogP contribution in [0.15, 0.2) is 24.3 Å². The molecule has 0 saturated carbocycles. The third kappa shape index (κ3) is 2.27. The summed E-state index contributed by atoms with van der Waals surface area (Å²) >= 11 is 0. The van der Waals surface area contributed by atoms with Gasteiger partial charge in [0.1, 0.15) is 0 Å². The summed E-state index contributed by atoms with van der Waals surface area (Å²) in [6.07, 6.45) is 3.32. The number of benzene rings is 1. The highest BCUT2D eigenvalue weighted by atomic mass is 16.2. The molecular weight excluding hydrogens is 224 g/mol. The van der Waals surface area contributed by atoms with Gasteiger partial charge >= 0.3 is 0 Å². The van der Waals surface area contributed by atoms with Crippen LogP contribution in [0.25, 0.3) is 0 Å². The summed E-state index contributed by atoms with van der Waals surface area (Å²) in [6, 6.07) is 8.07. The number of nitrogens with zero attached hydrogens (tertiary/aromatic N) is 1. The van der Waals surface area contributed by atoms with Gasteiger partial charge in [0.25, 0.3) is 5.91 Å². The Balaban J connectivity index is 1.78. The molecule has 2 aliphatic rings. The lowest BCUT2D eigenvalue weighted by Gasteiger charge is -2.24. The highest BCUT2D eigenvalue weighted by Crippen LogP contribution is 2.20. The van der Waals surface area contributed by atoms with E-state index in [2.05, 4.69) is 16.3 Å². The summed E-state index contributed by atoms with van der Waals surface area (Å²) in [5.74, 6) is 0.870. The summed E-state index contributed by atoms with van der Waals surface area (Å²) in [4.78, 5) is 14.6. The Morgan fingerprint density at radius 1 is 1.33 bits per heavy atom. The van der Waals surface area contributed by atoms with Crippen molar-refractivity contribution in [2.24, 2.45) is 5.92 Å². The van der Waals surface area contributed by atoms with Gasteiger partial charge in [0.15, 0.2) is 0 Å². The maximum Gasteiger partial charge on any atom is 0.254 e. The molecule has 1 aromatic rings. The molecule has 1 saturated heterocycles. The van der Waals surface area contributed by atoms with Gasteiger partial charge in [-0.3, -0.25) is 4.79 Å². The predicted octanol–water partition coefficient (Wildman–Crippen LogP) is 1.68. The Bertz CT molecular complexity index is 438. The Labute approximate surface area is 108 Å². The highest BCUT2D eigenvalue weighted by molar-refractivity contribution is 5.96. The number of hydrogen-bond acceptors (Lipinski definition) is 2. The van der Waals surface area contributed by atoms with E-state index in [0.717, 1.165) is 44.6 Å². The molecule has 1 amide bonds.